The zero-order chi connectivity index (χ0) is 39.6. The molecule has 0 spiro atoms. The predicted molar refractivity (Wildman–Crippen MR) is 163 cm³/mol. The number of hydrogen-bond acceptors (Lipinski definition) is 13. The lowest BCUT2D eigenvalue weighted by molar-refractivity contribution is -0.0253. The topological polar surface area (TPSA) is 142 Å². The van der Waals surface area contributed by atoms with Crippen molar-refractivity contribution in [3.05, 3.63) is 34.7 Å². The van der Waals surface area contributed by atoms with E-state index >= 15 is 0 Å². The second-order valence-corrected chi connectivity index (χ2v) is 8.33. The summed E-state index contributed by atoms with van der Waals surface area (Å²) in [5.41, 5.74) is -0.359. The molecule has 0 heterocycles. The number of nitrogens with zero attached hydrogens (tertiary/aromatic N) is 2. The van der Waals surface area contributed by atoms with E-state index in [1.165, 1.54) is 0 Å². The van der Waals surface area contributed by atoms with Crippen molar-refractivity contribution >= 4 is 11.7 Å². The maximum atomic E-state index is 12.3. The van der Waals surface area contributed by atoms with Crippen LogP contribution in [0.3, 0.4) is 0 Å². The SMILES string of the molecule is [2H]C([2H])([2H])C([2H])([2H])C([2H])([2H])C([2H])([2H])N(N=O)c1ccc(C(=O)OCCOCCOCCOCCOCCOCCOCCOCCOCCOC)cc1. The summed E-state index contributed by atoms with van der Waals surface area (Å²) in [6.07, 6.45) is -7.42. The molecule has 1 aromatic rings. The van der Waals surface area contributed by atoms with Crippen molar-refractivity contribution in [2.75, 3.05) is 138 Å². The lowest BCUT2D eigenvalue weighted by atomic mass is 10.2. The Morgan fingerprint density at radius 3 is 1.41 bits per heavy atom. The number of methoxy groups -OCH3 is 1. The molecule has 0 fully saturated rings. The van der Waals surface area contributed by atoms with E-state index in [-0.39, 0.29) is 42.7 Å². The maximum absolute atomic E-state index is 12.3. The summed E-state index contributed by atoms with van der Waals surface area (Å²) < 4.78 is 122. The number of nitroso groups, excluding NO2 is 1. The van der Waals surface area contributed by atoms with E-state index in [9.17, 15) is 9.70 Å². The Bertz CT molecular complexity index is 1120. The molecule has 0 amide bonds. The third-order valence-corrected chi connectivity index (χ3v) is 5.15. The minimum atomic E-state index is -3.72. The smallest absolute Gasteiger partial charge is 0.338 e. The van der Waals surface area contributed by atoms with Crippen LogP contribution in [0, 0.1) is 4.91 Å². The Morgan fingerprint density at radius 2 is 1.05 bits per heavy atom. The second-order valence-electron chi connectivity index (χ2n) is 8.33. The van der Waals surface area contributed by atoms with Crippen molar-refractivity contribution in [2.24, 2.45) is 5.29 Å². The molecule has 0 unspecified atom stereocenters. The minimum absolute atomic E-state index is 0.00106. The molecule has 1 rings (SSSR count). The van der Waals surface area contributed by atoms with Gasteiger partial charge < -0.3 is 47.4 Å². The number of benzene rings is 1. The predicted octanol–water partition coefficient (Wildman–Crippen LogP) is 2.91. The summed E-state index contributed by atoms with van der Waals surface area (Å²) in [5.74, 6) is -0.771. The van der Waals surface area contributed by atoms with Gasteiger partial charge in [0.05, 0.1) is 132 Å². The van der Waals surface area contributed by atoms with Gasteiger partial charge in [0.25, 0.3) is 0 Å². The first-order chi connectivity index (χ1) is 25.1. The third kappa shape index (κ3) is 23.2. The molecule has 0 radical (unpaired) electrons. The quantitative estimate of drug-likeness (QED) is 0.0481. The molecule has 0 aliphatic rings. The van der Waals surface area contributed by atoms with Gasteiger partial charge in [-0.25, -0.2) is 9.80 Å². The van der Waals surface area contributed by atoms with E-state index in [1.807, 2.05) is 0 Å². The summed E-state index contributed by atoms with van der Waals surface area (Å²) in [5, 5.41) is 2.44. The van der Waals surface area contributed by atoms with E-state index < -0.39 is 32.1 Å². The molecular formula is C30H52N2O12. The van der Waals surface area contributed by atoms with Gasteiger partial charge in [-0.3, -0.25) is 0 Å². The lowest BCUT2D eigenvalue weighted by Gasteiger charge is -2.14. The normalized spacial score (nSPS) is 15.4. The fourth-order valence-electron chi connectivity index (χ4n) is 3.01. The molecule has 0 saturated carbocycles. The molecule has 14 heteroatoms. The first kappa shape index (κ1) is 26.9. The van der Waals surface area contributed by atoms with Gasteiger partial charge in [0.15, 0.2) is 0 Å². The minimum Gasteiger partial charge on any atom is -0.460 e. The van der Waals surface area contributed by atoms with Crippen molar-refractivity contribution in [1.82, 2.24) is 0 Å². The molecule has 0 aliphatic heterocycles. The maximum Gasteiger partial charge on any atom is 0.338 e. The lowest BCUT2D eigenvalue weighted by Crippen LogP contribution is -2.17. The van der Waals surface area contributed by atoms with Crippen LogP contribution in [0.1, 0.15) is 42.3 Å². The van der Waals surface area contributed by atoms with Crippen LogP contribution in [0.15, 0.2) is 29.6 Å². The van der Waals surface area contributed by atoms with E-state index in [0.29, 0.717) is 92.5 Å². The Morgan fingerprint density at radius 1 is 0.659 bits per heavy atom. The molecule has 0 aliphatic carbocycles. The first-order valence-electron chi connectivity index (χ1n) is 18.7. The zero-order valence-electron chi connectivity index (χ0n) is 34.3. The van der Waals surface area contributed by atoms with Crippen LogP contribution in [0.5, 0.6) is 0 Å². The molecule has 0 N–H and O–H groups in total. The van der Waals surface area contributed by atoms with E-state index in [0.717, 1.165) is 24.3 Å². The molecule has 44 heavy (non-hydrogen) atoms. The number of ether oxygens (including phenoxy) is 10. The van der Waals surface area contributed by atoms with E-state index in [4.69, 9.17) is 59.7 Å². The van der Waals surface area contributed by atoms with Gasteiger partial charge in [0.1, 0.15) is 6.61 Å². The fraction of sp³-hybridized carbons (Fsp3) is 0.767. The number of carbonyl (C=O) groups excluding carboxylic acids is 1. The summed E-state index contributed by atoms with van der Waals surface area (Å²) >= 11 is 0. The number of carbonyl (C=O) groups is 1. The van der Waals surface area contributed by atoms with Crippen molar-refractivity contribution < 1.29 is 64.5 Å². The highest BCUT2D eigenvalue weighted by Gasteiger charge is 2.10. The summed E-state index contributed by atoms with van der Waals surface area (Å²) in [7, 11) is 1.62. The Labute approximate surface area is 274 Å². The second kappa shape index (κ2) is 30.7. The zero-order valence-corrected chi connectivity index (χ0v) is 25.3. The van der Waals surface area contributed by atoms with Gasteiger partial charge in [-0.2, -0.15) is 0 Å². The Balaban J connectivity index is 2.07. The molecule has 0 aromatic heterocycles. The highest BCUT2D eigenvalue weighted by atomic mass is 16.6. The van der Waals surface area contributed by atoms with Crippen molar-refractivity contribution in [1.29, 1.82) is 0 Å². The molecule has 0 bridgehead atoms. The number of esters is 1. The molecule has 0 saturated heterocycles. The van der Waals surface area contributed by atoms with Gasteiger partial charge in [0, 0.05) is 23.2 Å². The number of hydrogen-bond donors (Lipinski definition) is 0. The monoisotopic (exact) mass is 641 g/mol. The van der Waals surface area contributed by atoms with Gasteiger partial charge in [-0.05, 0) is 30.6 Å². The third-order valence-electron chi connectivity index (χ3n) is 5.15. The largest absolute Gasteiger partial charge is 0.460 e. The van der Waals surface area contributed by atoms with Crippen LogP contribution >= 0.6 is 0 Å². The standard InChI is InChI=1S/C30H52N2O12/c1-3-4-9-32(31-34)29-7-5-28(6-8-29)30(33)44-27-26-43-25-24-42-23-22-41-21-20-40-19-18-39-17-16-38-15-14-37-13-12-36-11-10-35-2/h5-8H,3-4,9-27H2,1-2H3/i1D3,3D2,4D2,9D2. The molecule has 1 aromatic carbocycles. The van der Waals surface area contributed by atoms with Crippen LogP contribution < -0.4 is 5.01 Å². The molecule has 0 atom stereocenters. The highest BCUT2D eigenvalue weighted by Crippen LogP contribution is 2.17. The average Bonchev–Trinajstić information content (AvgIpc) is 3.11. The highest BCUT2D eigenvalue weighted by molar-refractivity contribution is 5.89. The Kier molecular flexibility index (Phi) is 18.8. The van der Waals surface area contributed by atoms with Crippen LogP contribution in [0.2, 0.25) is 0 Å². The van der Waals surface area contributed by atoms with Crippen LogP contribution in [-0.2, 0) is 47.4 Å². The van der Waals surface area contributed by atoms with Crippen LogP contribution in [0.4, 0.5) is 5.69 Å². The van der Waals surface area contributed by atoms with Gasteiger partial charge in [-0.1, -0.05) is 13.2 Å². The van der Waals surface area contributed by atoms with Crippen LogP contribution in [0.25, 0.3) is 0 Å². The summed E-state index contributed by atoms with van der Waals surface area (Å²) in [6, 6.07) is 4.42. The molecule has 254 valence electrons. The number of rotatable bonds is 33. The van der Waals surface area contributed by atoms with E-state index in [2.05, 4.69) is 5.29 Å². The molecular weight excluding hydrogens is 580 g/mol. The van der Waals surface area contributed by atoms with Crippen molar-refractivity contribution in [3.8, 4) is 0 Å². The summed E-state index contributed by atoms with van der Waals surface area (Å²) in [4.78, 5) is 23.8. The van der Waals surface area contributed by atoms with Crippen molar-refractivity contribution in [3.63, 3.8) is 0 Å². The average molecular weight is 642 g/mol. The van der Waals surface area contributed by atoms with E-state index in [1.54, 1.807) is 7.11 Å². The molecule has 14 nitrogen and oxygen atoms in total. The van der Waals surface area contributed by atoms with Gasteiger partial charge in [-0.15, -0.1) is 4.91 Å². The first-order valence-corrected chi connectivity index (χ1v) is 14.2. The Hall–Kier alpha value is -2.27. The van der Waals surface area contributed by atoms with Crippen molar-refractivity contribution in [2.45, 2.75) is 19.6 Å². The fourth-order valence-corrected chi connectivity index (χ4v) is 3.01. The summed E-state index contributed by atoms with van der Waals surface area (Å²) in [6.45, 7) is -0.141. The van der Waals surface area contributed by atoms with Crippen LogP contribution in [-0.4, -0.2) is 138 Å². The van der Waals surface area contributed by atoms with Gasteiger partial charge in [0.2, 0.25) is 0 Å². The number of anilines is 1. The van der Waals surface area contributed by atoms with Gasteiger partial charge >= 0.3 is 5.97 Å².